The van der Waals surface area contributed by atoms with Crippen LogP contribution in [-0.2, 0) is 11.3 Å². The Labute approximate surface area is 201 Å². The molecular formula is C25H26N6O2S. The number of rotatable bonds is 7. The first-order chi connectivity index (χ1) is 16.7. The molecule has 1 amide bonds. The lowest BCUT2D eigenvalue weighted by Crippen LogP contribution is -2.29. The Balaban J connectivity index is 1.32. The molecule has 0 radical (unpaired) electrons. The highest BCUT2D eigenvalue weighted by Gasteiger charge is 2.17. The monoisotopic (exact) mass is 474 g/mol. The maximum Gasteiger partial charge on any atom is 0.263 e. The quantitative estimate of drug-likeness (QED) is 0.323. The van der Waals surface area contributed by atoms with Gasteiger partial charge >= 0.3 is 0 Å². The van der Waals surface area contributed by atoms with Gasteiger partial charge in [-0.05, 0) is 55.7 Å². The van der Waals surface area contributed by atoms with E-state index in [1.165, 1.54) is 41.3 Å². The highest BCUT2D eigenvalue weighted by molar-refractivity contribution is 7.99. The topological polar surface area (TPSA) is 84.5 Å². The lowest BCUT2D eigenvalue weighted by Gasteiger charge is -2.28. The van der Waals surface area contributed by atoms with Crippen LogP contribution in [0.5, 0.6) is 0 Å². The molecule has 34 heavy (non-hydrogen) atoms. The fourth-order valence-corrected chi connectivity index (χ4v) is 5.10. The van der Waals surface area contributed by atoms with E-state index in [9.17, 15) is 9.59 Å². The van der Waals surface area contributed by atoms with Crippen LogP contribution in [0.15, 0.2) is 71.1 Å². The zero-order valence-corrected chi connectivity index (χ0v) is 19.6. The van der Waals surface area contributed by atoms with E-state index in [1.54, 1.807) is 12.1 Å². The molecule has 0 aliphatic carbocycles. The molecule has 1 saturated heterocycles. The van der Waals surface area contributed by atoms with Gasteiger partial charge < -0.3 is 10.2 Å². The van der Waals surface area contributed by atoms with Gasteiger partial charge in [-0.3, -0.25) is 18.6 Å². The number of aromatic nitrogens is 4. The Morgan fingerprint density at radius 2 is 1.82 bits per heavy atom. The van der Waals surface area contributed by atoms with Crippen molar-refractivity contribution in [2.75, 3.05) is 29.1 Å². The maximum atomic E-state index is 12.9. The van der Waals surface area contributed by atoms with E-state index in [1.807, 2.05) is 34.7 Å². The van der Waals surface area contributed by atoms with Crippen LogP contribution in [0, 0.1) is 0 Å². The van der Waals surface area contributed by atoms with Crippen molar-refractivity contribution in [2.24, 2.45) is 0 Å². The van der Waals surface area contributed by atoms with Gasteiger partial charge in [-0.2, -0.15) is 0 Å². The third-order valence-electron chi connectivity index (χ3n) is 5.99. The summed E-state index contributed by atoms with van der Waals surface area (Å²) in [6, 6.07) is 15.4. The highest BCUT2D eigenvalue weighted by atomic mass is 32.2. The molecular weight excluding hydrogens is 448 g/mol. The van der Waals surface area contributed by atoms with Crippen LogP contribution in [0.1, 0.15) is 19.3 Å². The van der Waals surface area contributed by atoms with E-state index in [4.69, 9.17) is 0 Å². The van der Waals surface area contributed by atoms with Crippen molar-refractivity contribution >= 4 is 45.7 Å². The number of nitrogens with zero attached hydrogens (tertiary/aromatic N) is 5. The number of para-hydroxylation sites is 1. The fraction of sp³-hybridized carbons (Fsp3) is 0.280. The fourth-order valence-electron chi connectivity index (χ4n) is 4.36. The van der Waals surface area contributed by atoms with E-state index in [0.29, 0.717) is 28.4 Å². The summed E-state index contributed by atoms with van der Waals surface area (Å²) in [5.74, 6) is 0.472. The second kappa shape index (κ2) is 9.72. The van der Waals surface area contributed by atoms with Crippen molar-refractivity contribution in [3.05, 3.63) is 71.5 Å². The number of nitrogens with one attached hydrogen (secondary N) is 1. The van der Waals surface area contributed by atoms with Gasteiger partial charge in [-0.25, -0.2) is 0 Å². The number of fused-ring (bicyclic) bond motifs is 3. The number of hydrogen-bond donors (Lipinski definition) is 1. The van der Waals surface area contributed by atoms with E-state index in [0.717, 1.165) is 18.8 Å². The lowest BCUT2D eigenvalue weighted by molar-refractivity contribution is -0.113. The summed E-state index contributed by atoms with van der Waals surface area (Å²) in [7, 11) is 0. The molecule has 0 bridgehead atoms. The van der Waals surface area contributed by atoms with Gasteiger partial charge in [0.2, 0.25) is 11.7 Å². The number of piperidine rings is 1. The van der Waals surface area contributed by atoms with Crippen molar-refractivity contribution in [2.45, 2.75) is 31.0 Å². The number of benzene rings is 2. The predicted molar refractivity (Wildman–Crippen MR) is 137 cm³/mol. The van der Waals surface area contributed by atoms with Crippen LogP contribution in [-0.4, -0.2) is 43.9 Å². The van der Waals surface area contributed by atoms with Gasteiger partial charge in [-0.15, -0.1) is 16.8 Å². The smallest absolute Gasteiger partial charge is 0.263 e. The average Bonchev–Trinajstić information content (AvgIpc) is 3.30. The Morgan fingerprint density at radius 3 is 2.59 bits per heavy atom. The number of amides is 1. The summed E-state index contributed by atoms with van der Waals surface area (Å²) in [6.07, 6.45) is 5.41. The van der Waals surface area contributed by atoms with Gasteiger partial charge in [0.1, 0.15) is 0 Å². The Hall–Kier alpha value is -3.59. The average molecular weight is 475 g/mol. The first kappa shape index (κ1) is 22.2. The van der Waals surface area contributed by atoms with Crippen molar-refractivity contribution in [3.8, 4) is 0 Å². The van der Waals surface area contributed by atoms with Gasteiger partial charge in [-0.1, -0.05) is 30.0 Å². The third kappa shape index (κ3) is 4.31. The Kier molecular flexibility index (Phi) is 6.35. The maximum absolute atomic E-state index is 12.9. The standard InChI is InChI=1S/C25H26N6O2S/c1-2-14-30-23(33)20-8-4-5-9-21(20)31-24(30)27-28-25(31)34-17-22(32)26-18-10-12-19(13-11-18)29-15-6-3-7-16-29/h2,4-5,8-13H,1,3,6-7,14-17H2,(H,26,32). The van der Waals surface area contributed by atoms with Crippen molar-refractivity contribution in [3.63, 3.8) is 0 Å². The van der Waals surface area contributed by atoms with Gasteiger partial charge in [0.25, 0.3) is 5.56 Å². The number of hydrogen-bond acceptors (Lipinski definition) is 6. The molecule has 0 atom stereocenters. The summed E-state index contributed by atoms with van der Waals surface area (Å²) in [4.78, 5) is 27.9. The Morgan fingerprint density at radius 1 is 1.06 bits per heavy atom. The van der Waals surface area contributed by atoms with Gasteiger partial charge in [0.05, 0.1) is 16.7 Å². The van der Waals surface area contributed by atoms with Gasteiger partial charge in [0, 0.05) is 31.0 Å². The molecule has 2 aromatic carbocycles. The lowest BCUT2D eigenvalue weighted by atomic mass is 10.1. The zero-order chi connectivity index (χ0) is 23.5. The number of thioether (sulfide) groups is 1. The molecule has 9 heteroatoms. The van der Waals surface area contributed by atoms with Crippen molar-refractivity contribution in [1.82, 2.24) is 19.2 Å². The normalized spacial score (nSPS) is 13.9. The van der Waals surface area contributed by atoms with E-state index in [2.05, 4.69) is 39.1 Å². The van der Waals surface area contributed by atoms with Gasteiger partial charge in [0.15, 0.2) is 5.16 Å². The van der Waals surface area contributed by atoms with Crippen LogP contribution in [0.2, 0.25) is 0 Å². The number of anilines is 2. The summed E-state index contributed by atoms with van der Waals surface area (Å²) < 4.78 is 3.36. The van der Waals surface area contributed by atoms with E-state index >= 15 is 0 Å². The predicted octanol–water partition coefficient (Wildman–Crippen LogP) is 3.95. The Bertz CT molecular complexity index is 1400. The summed E-state index contributed by atoms with van der Waals surface area (Å²) in [5.41, 5.74) is 2.53. The van der Waals surface area contributed by atoms with E-state index < -0.39 is 0 Å². The molecule has 0 unspecified atom stereocenters. The van der Waals surface area contributed by atoms with E-state index in [-0.39, 0.29) is 17.2 Å². The van der Waals surface area contributed by atoms with Crippen molar-refractivity contribution in [1.29, 1.82) is 0 Å². The molecule has 1 fully saturated rings. The van der Waals surface area contributed by atoms with Crippen LogP contribution in [0.3, 0.4) is 0 Å². The first-order valence-corrected chi connectivity index (χ1v) is 12.4. The summed E-state index contributed by atoms with van der Waals surface area (Å²) >= 11 is 1.29. The number of carbonyl (C=O) groups is 1. The van der Waals surface area contributed by atoms with Crippen molar-refractivity contribution < 1.29 is 4.79 Å². The molecule has 0 saturated carbocycles. The second-order valence-electron chi connectivity index (χ2n) is 8.27. The number of carbonyl (C=O) groups excluding carboxylic acids is 1. The molecule has 8 nitrogen and oxygen atoms in total. The molecule has 1 N–H and O–H groups in total. The van der Waals surface area contributed by atoms with Crippen LogP contribution < -0.4 is 15.8 Å². The minimum Gasteiger partial charge on any atom is -0.372 e. The molecule has 1 aliphatic heterocycles. The van der Waals surface area contributed by atoms with Crippen LogP contribution >= 0.6 is 11.8 Å². The minimum atomic E-state index is -0.141. The molecule has 4 aromatic rings. The molecule has 3 heterocycles. The third-order valence-corrected chi connectivity index (χ3v) is 6.92. The molecule has 2 aromatic heterocycles. The zero-order valence-electron chi connectivity index (χ0n) is 18.8. The minimum absolute atomic E-state index is 0.129. The molecule has 0 spiro atoms. The highest BCUT2D eigenvalue weighted by Crippen LogP contribution is 2.24. The van der Waals surface area contributed by atoms with Crippen LogP contribution in [0.4, 0.5) is 11.4 Å². The molecule has 1 aliphatic rings. The first-order valence-electron chi connectivity index (χ1n) is 11.4. The molecule has 174 valence electrons. The second-order valence-corrected chi connectivity index (χ2v) is 9.21. The van der Waals surface area contributed by atoms with Crippen LogP contribution in [0.25, 0.3) is 16.7 Å². The summed E-state index contributed by atoms with van der Waals surface area (Å²) in [5, 5.41) is 12.6. The molecule has 5 rings (SSSR count). The summed E-state index contributed by atoms with van der Waals surface area (Å²) in [6.45, 7) is 6.24. The SMILES string of the molecule is C=CCn1c(=O)c2ccccc2n2c(SCC(=O)Nc3ccc(N4CCCCC4)cc3)nnc12. The number of allylic oxidation sites excluding steroid dienone is 1. The largest absolute Gasteiger partial charge is 0.372 e.